The Labute approximate surface area is 177 Å². The summed E-state index contributed by atoms with van der Waals surface area (Å²) in [5, 5.41) is 19.7. The summed E-state index contributed by atoms with van der Waals surface area (Å²) in [6.07, 6.45) is 0.178. The van der Waals surface area contributed by atoms with Gasteiger partial charge in [0.1, 0.15) is 0 Å². The minimum atomic E-state index is -0.544. The van der Waals surface area contributed by atoms with E-state index in [2.05, 4.69) is 16.0 Å². The van der Waals surface area contributed by atoms with E-state index in [1.165, 1.54) is 48.0 Å². The third-order valence-electron chi connectivity index (χ3n) is 5.19. The summed E-state index contributed by atoms with van der Waals surface area (Å²) < 4.78 is 0. The molecule has 2 aliphatic rings. The minimum Gasteiger partial charge on any atom is -0.325 e. The second-order valence-electron chi connectivity index (χ2n) is 7.14. The number of fused-ring (bicyclic) bond motifs is 1. The molecule has 0 bridgehead atoms. The van der Waals surface area contributed by atoms with Gasteiger partial charge in [-0.05, 0) is 18.6 Å². The Morgan fingerprint density at radius 2 is 1.90 bits per heavy atom. The molecule has 2 heterocycles. The number of non-ortho nitro benzene ring substituents is 1. The highest BCUT2D eigenvalue weighted by atomic mass is 32.2. The molecule has 4 unspecified atom stereocenters. The molecule has 0 aromatic heterocycles. The molecule has 1 aromatic carbocycles. The van der Waals surface area contributed by atoms with Crippen LogP contribution < -0.4 is 16.0 Å². The summed E-state index contributed by atoms with van der Waals surface area (Å²) in [5.74, 6) is -1.06. The van der Waals surface area contributed by atoms with E-state index in [1.54, 1.807) is 7.05 Å². The van der Waals surface area contributed by atoms with Crippen LogP contribution in [0.4, 0.5) is 16.2 Å². The Balaban J connectivity index is 1.66. The topological polar surface area (TPSA) is 137 Å². The number of carbonyl (C=O) groups excluding carboxylic acids is 3. The lowest BCUT2D eigenvalue weighted by molar-refractivity contribution is -0.384. The largest absolute Gasteiger partial charge is 0.327 e. The summed E-state index contributed by atoms with van der Waals surface area (Å²) in [6.45, 7) is 1.98. The number of rotatable bonds is 6. The van der Waals surface area contributed by atoms with Gasteiger partial charge < -0.3 is 10.2 Å². The molecule has 0 spiro atoms. The fourth-order valence-corrected chi connectivity index (χ4v) is 4.67. The van der Waals surface area contributed by atoms with Crippen molar-refractivity contribution in [3.63, 3.8) is 0 Å². The van der Waals surface area contributed by atoms with Crippen LogP contribution in [0.1, 0.15) is 13.3 Å². The van der Waals surface area contributed by atoms with Crippen molar-refractivity contribution in [3.05, 3.63) is 34.4 Å². The molecule has 0 radical (unpaired) electrons. The van der Waals surface area contributed by atoms with Crippen molar-refractivity contribution in [2.75, 3.05) is 25.2 Å². The lowest BCUT2D eigenvalue weighted by Gasteiger charge is -2.50. The van der Waals surface area contributed by atoms with Crippen molar-refractivity contribution >= 4 is 41.0 Å². The molecule has 3 rings (SSSR count). The normalized spacial score (nSPS) is 26.4. The molecule has 2 saturated heterocycles. The molecule has 1 aromatic rings. The quantitative estimate of drug-likeness (QED) is 0.443. The first-order valence-electron chi connectivity index (χ1n) is 9.45. The number of nitrogens with zero attached hydrogens (tertiary/aromatic N) is 3. The van der Waals surface area contributed by atoms with Crippen LogP contribution in [0.2, 0.25) is 0 Å². The maximum absolute atomic E-state index is 12.8. The van der Waals surface area contributed by atoms with Gasteiger partial charge in [-0.3, -0.25) is 35.2 Å². The maximum atomic E-state index is 12.8. The molecule has 0 aliphatic carbocycles. The van der Waals surface area contributed by atoms with Crippen LogP contribution in [0.5, 0.6) is 0 Å². The molecule has 11 nitrogen and oxygen atoms in total. The Hall–Kier alpha value is -2.70. The van der Waals surface area contributed by atoms with Crippen molar-refractivity contribution < 1.29 is 19.3 Å². The van der Waals surface area contributed by atoms with Crippen molar-refractivity contribution in [1.29, 1.82) is 0 Å². The van der Waals surface area contributed by atoms with Gasteiger partial charge in [-0.2, -0.15) is 0 Å². The number of hydrogen-bond donors (Lipinski definition) is 3. The van der Waals surface area contributed by atoms with Gasteiger partial charge in [0, 0.05) is 31.9 Å². The monoisotopic (exact) mass is 436 g/mol. The summed E-state index contributed by atoms with van der Waals surface area (Å²) in [4.78, 5) is 50.3. The average Bonchev–Trinajstić information content (AvgIpc) is 2.74. The Kier molecular flexibility index (Phi) is 6.58. The van der Waals surface area contributed by atoms with E-state index in [1.807, 2.05) is 6.92 Å². The van der Waals surface area contributed by atoms with Crippen LogP contribution in [0, 0.1) is 16.0 Å². The molecular weight excluding hydrogens is 412 g/mol. The summed E-state index contributed by atoms with van der Waals surface area (Å²) in [5.41, 5.74) is 0.393. The number of amides is 4. The molecular formula is C18H24N6O5S. The Bertz CT molecular complexity index is 850. The smallest absolute Gasteiger partial charge is 0.325 e. The van der Waals surface area contributed by atoms with Gasteiger partial charge in [0.2, 0.25) is 11.8 Å². The van der Waals surface area contributed by atoms with Crippen molar-refractivity contribution in [2.24, 2.45) is 5.92 Å². The Morgan fingerprint density at radius 3 is 2.50 bits per heavy atom. The van der Waals surface area contributed by atoms with E-state index >= 15 is 0 Å². The molecule has 30 heavy (non-hydrogen) atoms. The molecule has 3 N–H and O–H groups in total. The van der Waals surface area contributed by atoms with Gasteiger partial charge in [-0.15, -0.1) is 11.8 Å². The van der Waals surface area contributed by atoms with Crippen LogP contribution >= 0.6 is 11.8 Å². The summed E-state index contributed by atoms with van der Waals surface area (Å²) in [7, 11) is 3.10. The number of imide groups is 1. The van der Waals surface area contributed by atoms with Crippen LogP contribution in [-0.4, -0.2) is 70.1 Å². The molecule has 0 saturated carbocycles. The maximum Gasteiger partial charge on any atom is 0.327 e. The van der Waals surface area contributed by atoms with Crippen LogP contribution in [-0.2, 0) is 9.59 Å². The molecule has 2 fully saturated rings. The second-order valence-corrected chi connectivity index (χ2v) is 8.27. The van der Waals surface area contributed by atoms with E-state index in [0.717, 1.165) is 11.3 Å². The number of hydrogen-bond acceptors (Lipinski definition) is 8. The number of carbonyl (C=O) groups is 3. The third kappa shape index (κ3) is 4.40. The number of anilines is 1. The summed E-state index contributed by atoms with van der Waals surface area (Å²) in [6, 6.07) is 5.19. The second kappa shape index (κ2) is 8.98. The molecule has 2 aliphatic heterocycles. The minimum absolute atomic E-state index is 0.0588. The fourth-order valence-electron chi connectivity index (χ4n) is 3.53. The van der Waals surface area contributed by atoms with Crippen LogP contribution in [0.3, 0.4) is 0 Å². The summed E-state index contributed by atoms with van der Waals surface area (Å²) >= 11 is 1.29. The Morgan fingerprint density at radius 1 is 1.23 bits per heavy atom. The number of urea groups is 1. The van der Waals surface area contributed by atoms with Crippen molar-refractivity contribution in [1.82, 2.24) is 20.4 Å². The van der Waals surface area contributed by atoms with Crippen molar-refractivity contribution in [2.45, 2.75) is 31.0 Å². The predicted octanol–water partition coefficient (Wildman–Crippen LogP) is 0.988. The zero-order valence-electron chi connectivity index (χ0n) is 16.8. The SMILES string of the molecule is CCC1NC(SCC(=O)Nc2ccc([N+](=O)[O-])cc2)C2C(=O)N(C)C(=O)N(C)C2N1. The first-order valence-corrected chi connectivity index (χ1v) is 10.5. The van der Waals surface area contributed by atoms with Gasteiger partial charge in [0.25, 0.3) is 5.69 Å². The number of benzene rings is 1. The third-order valence-corrected chi connectivity index (χ3v) is 6.41. The van der Waals surface area contributed by atoms with E-state index < -0.39 is 17.0 Å². The average molecular weight is 436 g/mol. The highest BCUT2D eigenvalue weighted by Gasteiger charge is 2.50. The first kappa shape index (κ1) is 22.0. The highest BCUT2D eigenvalue weighted by Crippen LogP contribution is 2.31. The molecule has 4 atom stereocenters. The van der Waals surface area contributed by atoms with E-state index in [0.29, 0.717) is 5.69 Å². The van der Waals surface area contributed by atoms with E-state index in [4.69, 9.17) is 0 Å². The number of nitro groups is 1. The van der Waals surface area contributed by atoms with Gasteiger partial charge in [-0.25, -0.2) is 4.79 Å². The van der Waals surface area contributed by atoms with Crippen molar-refractivity contribution in [3.8, 4) is 0 Å². The number of nitrogens with one attached hydrogen (secondary N) is 3. The zero-order valence-corrected chi connectivity index (χ0v) is 17.6. The van der Waals surface area contributed by atoms with E-state index in [-0.39, 0.29) is 40.8 Å². The standard InChI is InChI=1S/C18H24N6O5S/c1-4-12-20-15-14(17(26)23(3)18(27)22(15)2)16(21-12)30-9-13(25)19-10-5-7-11(8-6-10)24(28)29/h5-8,12,14-16,20-21H,4,9H2,1-3H3,(H,19,25). The van der Waals surface area contributed by atoms with Gasteiger partial charge in [0.05, 0.1) is 34.3 Å². The lowest BCUT2D eigenvalue weighted by Crippen LogP contribution is -2.74. The number of nitro benzene ring substituents is 1. The van der Waals surface area contributed by atoms with Crippen LogP contribution in [0.25, 0.3) is 0 Å². The number of thioether (sulfide) groups is 1. The lowest BCUT2D eigenvalue weighted by atomic mass is 9.97. The zero-order chi connectivity index (χ0) is 22.0. The first-order chi connectivity index (χ1) is 14.2. The molecule has 12 heteroatoms. The molecule has 4 amide bonds. The van der Waals surface area contributed by atoms with Crippen LogP contribution in [0.15, 0.2) is 24.3 Å². The van der Waals surface area contributed by atoms with Gasteiger partial charge >= 0.3 is 6.03 Å². The van der Waals surface area contributed by atoms with Gasteiger partial charge in [-0.1, -0.05) is 6.92 Å². The fraction of sp³-hybridized carbons (Fsp3) is 0.500. The highest BCUT2D eigenvalue weighted by molar-refractivity contribution is 8.00. The van der Waals surface area contributed by atoms with E-state index in [9.17, 15) is 24.5 Å². The molecule has 162 valence electrons. The predicted molar refractivity (Wildman–Crippen MR) is 112 cm³/mol. The van der Waals surface area contributed by atoms with Gasteiger partial charge in [0.15, 0.2) is 0 Å².